The summed E-state index contributed by atoms with van der Waals surface area (Å²) >= 11 is 11.5. The predicted molar refractivity (Wildman–Crippen MR) is 127 cm³/mol. The van der Waals surface area contributed by atoms with Crippen LogP contribution < -0.4 is 0 Å². The number of ether oxygens (including phenoxy) is 2. The molecule has 0 saturated carbocycles. The van der Waals surface area contributed by atoms with Crippen molar-refractivity contribution in [3.63, 3.8) is 0 Å². The zero-order valence-electron chi connectivity index (χ0n) is 20.0. The minimum atomic E-state index is -4.90. The number of halogens is 6. The molecule has 3 aliphatic heterocycles. The van der Waals surface area contributed by atoms with Gasteiger partial charge in [0.2, 0.25) is 0 Å². The second-order valence-electron chi connectivity index (χ2n) is 10.4. The number of benzene rings is 2. The number of fused-ring (bicyclic) bond motifs is 2. The van der Waals surface area contributed by atoms with E-state index in [-0.39, 0.29) is 12.3 Å². The standard InChI is InChI=1S/C25H22Cl2F4N2O4/c1-22(2,3)36-21(34)33-11-23(12-33)16-5-4-13(6-14(16)10-35-23)19-9-24(37-32-19,25(29,30)31)15-7-17(26)20(28)18(27)8-15/h4-8H,9-12H2,1-3H3. The molecular formula is C25H22Cl2F4N2O4. The van der Waals surface area contributed by atoms with Gasteiger partial charge in [0, 0.05) is 12.0 Å². The Labute approximate surface area is 220 Å². The van der Waals surface area contributed by atoms with Gasteiger partial charge < -0.3 is 19.2 Å². The zero-order chi connectivity index (χ0) is 27.0. The molecule has 3 aliphatic rings. The number of hydrogen-bond acceptors (Lipinski definition) is 5. The van der Waals surface area contributed by atoms with Crippen molar-refractivity contribution in [3.8, 4) is 0 Å². The third-order valence-corrected chi connectivity index (χ3v) is 7.16. The molecule has 1 atom stereocenters. The average molecular weight is 561 g/mol. The molecule has 1 fully saturated rings. The van der Waals surface area contributed by atoms with E-state index in [2.05, 4.69) is 5.16 Å². The maximum absolute atomic E-state index is 14.3. The van der Waals surface area contributed by atoms with Gasteiger partial charge in [-0.25, -0.2) is 9.18 Å². The van der Waals surface area contributed by atoms with Crippen LogP contribution in [0.5, 0.6) is 0 Å². The Morgan fingerprint density at radius 1 is 1.11 bits per heavy atom. The highest BCUT2D eigenvalue weighted by Crippen LogP contribution is 2.51. The maximum atomic E-state index is 14.3. The van der Waals surface area contributed by atoms with Gasteiger partial charge in [0.25, 0.3) is 5.60 Å². The molecule has 0 aromatic heterocycles. The van der Waals surface area contributed by atoms with Crippen LogP contribution >= 0.6 is 23.2 Å². The minimum absolute atomic E-state index is 0.0571. The number of alkyl halides is 3. The second-order valence-corrected chi connectivity index (χ2v) is 11.2. The van der Waals surface area contributed by atoms with Gasteiger partial charge in [-0.1, -0.05) is 40.5 Å². The van der Waals surface area contributed by atoms with Crippen LogP contribution in [-0.4, -0.2) is 41.6 Å². The van der Waals surface area contributed by atoms with E-state index in [0.717, 1.165) is 23.3 Å². The molecule has 3 heterocycles. The molecule has 0 N–H and O–H groups in total. The van der Waals surface area contributed by atoms with E-state index in [1.54, 1.807) is 43.9 Å². The van der Waals surface area contributed by atoms with Crippen LogP contribution in [-0.2, 0) is 32.1 Å². The smallest absolute Gasteiger partial charge is 0.435 e. The molecule has 1 unspecified atom stereocenters. The molecule has 6 nitrogen and oxygen atoms in total. The van der Waals surface area contributed by atoms with Crippen molar-refractivity contribution in [1.82, 2.24) is 4.90 Å². The van der Waals surface area contributed by atoms with Crippen molar-refractivity contribution in [1.29, 1.82) is 0 Å². The van der Waals surface area contributed by atoms with Crippen LogP contribution in [0.4, 0.5) is 22.4 Å². The number of carbonyl (C=O) groups is 1. The van der Waals surface area contributed by atoms with Gasteiger partial charge in [-0.15, -0.1) is 0 Å². The first-order valence-electron chi connectivity index (χ1n) is 11.4. The molecule has 2 aromatic rings. The third kappa shape index (κ3) is 4.32. The molecule has 0 aliphatic carbocycles. The van der Waals surface area contributed by atoms with Gasteiger partial charge in [-0.2, -0.15) is 13.2 Å². The van der Waals surface area contributed by atoms with E-state index in [4.69, 9.17) is 37.5 Å². The molecule has 5 rings (SSSR count). The molecule has 1 saturated heterocycles. The highest BCUT2D eigenvalue weighted by atomic mass is 35.5. The number of likely N-dealkylation sites (tertiary alicyclic amines) is 1. The predicted octanol–water partition coefficient (Wildman–Crippen LogP) is 6.69. The van der Waals surface area contributed by atoms with Crippen LogP contribution in [0.3, 0.4) is 0 Å². The molecule has 1 amide bonds. The Bertz CT molecular complexity index is 1300. The Balaban J connectivity index is 1.37. The fourth-order valence-electron chi connectivity index (χ4n) is 4.77. The highest BCUT2D eigenvalue weighted by molar-refractivity contribution is 6.35. The quantitative estimate of drug-likeness (QED) is 0.303. The summed E-state index contributed by atoms with van der Waals surface area (Å²) in [6.07, 6.45) is -6.00. The summed E-state index contributed by atoms with van der Waals surface area (Å²) in [5.74, 6) is -1.02. The van der Waals surface area contributed by atoms with E-state index < -0.39 is 56.9 Å². The average Bonchev–Trinajstić information content (AvgIpc) is 3.37. The van der Waals surface area contributed by atoms with Crippen molar-refractivity contribution in [2.75, 3.05) is 13.1 Å². The molecule has 37 heavy (non-hydrogen) atoms. The summed E-state index contributed by atoms with van der Waals surface area (Å²) in [5, 5.41) is 2.65. The number of oxime groups is 1. The van der Waals surface area contributed by atoms with Crippen molar-refractivity contribution in [2.45, 2.75) is 56.8 Å². The summed E-state index contributed by atoms with van der Waals surface area (Å²) in [5.41, 5.74) is -2.51. The Morgan fingerprint density at radius 3 is 2.35 bits per heavy atom. The molecule has 0 radical (unpaired) electrons. The van der Waals surface area contributed by atoms with Gasteiger partial charge in [0.05, 0.1) is 35.5 Å². The van der Waals surface area contributed by atoms with E-state index in [1.807, 2.05) is 0 Å². The Kier molecular flexibility index (Phi) is 5.97. The van der Waals surface area contributed by atoms with Gasteiger partial charge in [-0.05, 0) is 55.7 Å². The zero-order valence-corrected chi connectivity index (χ0v) is 21.5. The first-order valence-corrected chi connectivity index (χ1v) is 12.1. The maximum Gasteiger partial charge on any atom is 0.435 e. The fraction of sp³-hybridized carbons (Fsp3) is 0.440. The summed E-state index contributed by atoms with van der Waals surface area (Å²) in [4.78, 5) is 18.9. The lowest BCUT2D eigenvalue weighted by Crippen LogP contribution is -2.61. The third-order valence-electron chi connectivity index (χ3n) is 6.61. The van der Waals surface area contributed by atoms with Gasteiger partial charge in [-0.3, -0.25) is 0 Å². The largest absolute Gasteiger partial charge is 0.444 e. The molecular weight excluding hydrogens is 539 g/mol. The summed E-state index contributed by atoms with van der Waals surface area (Å²) in [6, 6.07) is 6.82. The highest BCUT2D eigenvalue weighted by Gasteiger charge is 2.62. The lowest BCUT2D eigenvalue weighted by atomic mass is 9.83. The van der Waals surface area contributed by atoms with Gasteiger partial charge >= 0.3 is 12.3 Å². The molecule has 1 spiro atoms. The topological polar surface area (TPSA) is 60.4 Å². The fourth-order valence-corrected chi connectivity index (χ4v) is 5.25. The molecule has 2 aromatic carbocycles. The van der Waals surface area contributed by atoms with E-state index >= 15 is 0 Å². The number of rotatable bonds is 2. The summed E-state index contributed by atoms with van der Waals surface area (Å²) in [7, 11) is 0. The van der Waals surface area contributed by atoms with Crippen molar-refractivity contribution >= 4 is 35.0 Å². The molecule has 12 heteroatoms. The first kappa shape index (κ1) is 26.1. The summed E-state index contributed by atoms with van der Waals surface area (Å²) in [6.45, 7) is 6.19. The van der Waals surface area contributed by atoms with Crippen LogP contribution in [0.15, 0.2) is 35.5 Å². The summed E-state index contributed by atoms with van der Waals surface area (Å²) < 4.78 is 68.2. The minimum Gasteiger partial charge on any atom is -0.444 e. The van der Waals surface area contributed by atoms with Crippen LogP contribution in [0.25, 0.3) is 0 Å². The Morgan fingerprint density at radius 2 is 1.76 bits per heavy atom. The van der Waals surface area contributed by atoms with Gasteiger partial charge in [0.15, 0.2) is 5.82 Å². The van der Waals surface area contributed by atoms with Crippen molar-refractivity contribution < 1.29 is 36.7 Å². The normalized spacial score (nSPS) is 22.4. The molecule has 0 bridgehead atoms. The first-order chi connectivity index (χ1) is 17.1. The SMILES string of the molecule is CC(C)(C)OC(=O)N1CC2(C1)OCc1cc(C3=NOC(c4cc(Cl)c(F)c(Cl)c4)(C(F)(F)F)C3)ccc12. The van der Waals surface area contributed by atoms with Crippen LogP contribution in [0, 0.1) is 5.82 Å². The van der Waals surface area contributed by atoms with E-state index in [9.17, 15) is 22.4 Å². The van der Waals surface area contributed by atoms with Crippen LogP contribution in [0.1, 0.15) is 49.4 Å². The van der Waals surface area contributed by atoms with E-state index in [1.165, 1.54) is 0 Å². The number of carbonyl (C=O) groups excluding carboxylic acids is 1. The lowest BCUT2D eigenvalue weighted by Gasteiger charge is -2.47. The van der Waals surface area contributed by atoms with Crippen molar-refractivity contribution in [3.05, 3.63) is 68.4 Å². The monoisotopic (exact) mass is 560 g/mol. The second kappa shape index (κ2) is 8.47. The van der Waals surface area contributed by atoms with Gasteiger partial charge in [0.1, 0.15) is 11.2 Å². The number of nitrogens with zero attached hydrogens (tertiary/aromatic N) is 2. The lowest BCUT2D eigenvalue weighted by molar-refractivity contribution is -0.275. The molecule has 198 valence electrons. The number of hydrogen-bond donors (Lipinski definition) is 0. The van der Waals surface area contributed by atoms with Crippen LogP contribution in [0.2, 0.25) is 10.0 Å². The number of amides is 1. The van der Waals surface area contributed by atoms with E-state index in [0.29, 0.717) is 18.7 Å². The Hall–Kier alpha value is -2.56. The van der Waals surface area contributed by atoms with Crippen molar-refractivity contribution in [2.24, 2.45) is 5.16 Å².